The van der Waals surface area contributed by atoms with Gasteiger partial charge in [-0.05, 0) is 77.0 Å². The molecule has 2 atom stereocenters. The Morgan fingerprint density at radius 3 is 1.24 bits per heavy atom. The van der Waals surface area contributed by atoms with Gasteiger partial charge < -0.3 is 38.4 Å². The number of rotatable bonds is 56. The third-order valence-electron chi connectivity index (χ3n) is 12.5. The van der Waals surface area contributed by atoms with Gasteiger partial charge in [-0.3, -0.25) is 4.79 Å². The number of nitrogens with zero attached hydrogens (tertiary/aromatic N) is 1. The second-order valence-electron chi connectivity index (χ2n) is 18.6. The molecular formula is C57H111NO8. The number of carbonyl (C=O) groups is 1. The molecule has 0 bridgehead atoms. The summed E-state index contributed by atoms with van der Waals surface area (Å²) in [5.74, 6) is 0.0453. The van der Waals surface area contributed by atoms with Crippen LogP contribution >= 0.6 is 0 Å². The average molecular weight is 939 g/mol. The van der Waals surface area contributed by atoms with Gasteiger partial charge in [-0.1, -0.05) is 187 Å². The Labute approximate surface area is 409 Å². The van der Waals surface area contributed by atoms with E-state index in [0.717, 1.165) is 44.9 Å². The summed E-state index contributed by atoms with van der Waals surface area (Å²) in [5, 5.41) is 8.79. The van der Waals surface area contributed by atoms with E-state index in [9.17, 15) is 4.79 Å². The number of hydrogen-bond donors (Lipinski definition) is 1. The Morgan fingerprint density at radius 2 is 0.803 bits per heavy atom. The number of carbonyl (C=O) groups excluding carboxylic acids is 1. The van der Waals surface area contributed by atoms with Gasteiger partial charge in [-0.25, -0.2) is 0 Å². The van der Waals surface area contributed by atoms with Gasteiger partial charge in [0.25, 0.3) is 5.91 Å². The minimum atomic E-state index is -0.597. The van der Waals surface area contributed by atoms with Crippen molar-refractivity contribution in [3.63, 3.8) is 0 Å². The van der Waals surface area contributed by atoms with Crippen molar-refractivity contribution in [2.75, 3.05) is 85.8 Å². The zero-order chi connectivity index (χ0) is 47.9. The molecule has 0 aromatic carbocycles. The first-order valence-electron chi connectivity index (χ1n) is 28.4. The molecule has 392 valence electrons. The van der Waals surface area contributed by atoms with Gasteiger partial charge in [-0.2, -0.15) is 0 Å². The molecular weight excluding hydrogens is 827 g/mol. The first-order valence-corrected chi connectivity index (χ1v) is 28.4. The molecule has 0 radical (unpaired) electrons. The van der Waals surface area contributed by atoms with Crippen LogP contribution in [-0.4, -0.2) is 114 Å². The standard InChI is InChI=1S/C57H111NO8/c1-5-9-12-14-16-18-20-22-24-26-28-30-32-34-36-39-44-65-54-56(66-45-40-37-35-33-31-29-27-25-23-21-19-17-15-13-10-6-2)57(60)58(55(8-4)41-38-11-7-3)42-46-61-48-50-63-52-53-64-51-49-62-47-43-59/h22-25,55-56,59H,5-21,26-54H2,1-4H3/b24-22-,25-23-. The average Bonchev–Trinajstić information content (AvgIpc) is 3.33. The molecule has 66 heavy (non-hydrogen) atoms. The molecule has 1 N–H and O–H groups in total. The molecule has 0 spiro atoms. The summed E-state index contributed by atoms with van der Waals surface area (Å²) in [6, 6.07) is 0.148. The molecule has 0 saturated heterocycles. The van der Waals surface area contributed by atoms with Crippen LogP contribution < -0.4 is 0 Å². The minimum Gasteiger partial charge on any atom is -0.394 e. The van der Waals surface area contributed by atoms with Crippen LogP contribution in [0, 0.1) is 0 Å². The van der Waals surface area contributed by atoms with E-state index in [1.165, 1.54) is 167 Å². The summed E-state index contributed by atoms with van der Waals surface area (Å²) in [4.78, 5) is 16.5. The fraction of sp³-hybridized carbons (Fsp3) is 0.912. The van der Waals surface area contributed by atoms with Gasteiger partial charge in [0, 0.05) is 25.8 Å². The number of aliphatic hydroxyl groups is 1. The van der Waals surface area contributed by atoms with Crippen molar-refractivity contribution in [3.05, 3.63) is 24.3 Å². The lowest BCUT2D eigenvalue weighted by Gasteiger charge is -2.34. The molecule has 1 amide bonds. The SMILES string of the molecule is CCCCCCCC/C=C\CCCCCCCCOCC(OCCCCCCCC/C=C\CCCCCCCC)C(=O)N(CCOCCOCCOCCOCCO)C(CC)CCCCC. The van der Waals surface area contributed by atoms with E-state index in [-0.39, 0.29) is 18.6 Å². The zero-order valence-corrected chi connectivity index (χ0v) is 44.2. The smallest absolute Gasteiger partial charge is 0.254 e. The molecule has 0 aliphatic carbocycles. The third kappa shape index (κ3) is 46.4. The predicted molar refractivity (Wildman–Crippen MR) is 280 cm³/mol. The largest absolute Gasteiger partial charge is 0.394 e. The van der Waals surface area contributed by atoms with Crippen LogP contribution in [0.15, 0.2) is 24.3 Å². The zero-order valence-electron chi connectivity index (χ0n) is 44.2. The second kappa shape index (κ2) is 56.3. The highest BCUT2D eigenvalue weighted by Gasteiger charge is 2.29. The lowest BCUT2D eigenvalue weighted by Crippen LogP contribution is -2.49. The molecule has 0 rings (SSSR count). The van der Waals surface area contributed by atoms with E-state index >= 15 is 0 Å². The van der Waals surface area contributed by atoms with Crippen LogP contribution in [0.1, 0.15) is 240 Å². The Balaban J connectivity index is 4.91. The van der Waals surface area contributed by atoms with Crippen molar-refractivity contribution in [1.29, 1.82) is 0 Å². The number of unbranched alkanes of at least 4 members (excludes halogenated alkanes) is 26. The van der Waals surface area contributed by atoms with Crippen molar-refractivity contribution >= 4 is 5.91 Å². The van der Waals surface area contributed by atoms with Crippen molar-refractivity contribution in [2.24, 2.45) is 0 Å². The second-order valence-corrected chi connectivity index (χ2v) is 18.6. The van der Waals surface area contributed by atoms with Gasteiger partial charge in [0.15, 0.2) is 6.10 Å². The maximum atomic E-state index is 14.4. The molecule has 2 unspecified atom stereocenters. The normalized spacial score (nSPS) is 12.9. The molecule has 0 aliphatic rings. The lowest BCUT2D eigenvalue weighted by molar-refractivity contribution is -0.152. The molecule has 0 saturated carbocycles. The highest BCUT2D eigenvalue weighted by molar-refractivity contribution is 5.81. The first-order chi connectivity index (χ1) is 32.7. The van der Waals surface area contributed by atoms with Crippen molar-refractivity contribution < 1.29 is 38.3 Å². The van der Waals surface area contributed by atoms with Gasteiger partial charge in [-0.15, -0.1) is 0 Å². The Bertz CT molecular complexity index is 996. The van der Waals surface area contributed by atoms with Crippen LogP contribution in [0.4, 0.5) is 0 Å². The lowest BCUT2D eigenvalue weighted by atomic mass is 10.0. The van der Waals surface area contributed by atoms with E-state index in [1.807, 2.05) is 4.90 Å². The van der Waals surface area contributed by atoms with Crippen LogP contribution in [0.3, 0.4) is 0 Å². The van der Waals surface area contributed by atoms with E-state index in [0.29, 0.717) is 79.2 Å². The van der Waals surface area contributed by atoms with E-state index < -0.39 is 6.10 Å². The molecule has 0 aromatic heterocycles. The predicted octanol–water partition coefficient (Wildman–Crippen LogP) is 14.7. The number of hydrogen-bond acceptors (Lipinski definition) is 8. The molecule has 9 nitrogen and oxygen atoms in total. The van der Waals surface area contributed by atoms with E-state index in [4.69, 9.17) is 33.5 Å². The first kappa shape index (κ1) is 64.7. The topological polar surface area (TPSA) is 95.9 Å². The highest BCUT2D eigenvalue weighted by atomic mass is 16.6. The quantitative estimate of drug-likeness (QED) is 0.0476. The molecule has 0 aromatic rings. The summed E-state index contributed by atoms with van der Waals surface area (Å²) >= 11 is 0. The summed E-state index contributed by atoms with van der Waals surface area (Å²) in [6.07, 6.45) is 50.1. The van der Waals surface area contributed by atoms with E-state index in [2.05, 4.69) is 52.0 Å². The van der Waals surface area contributed by atoms with Gasteiger partial charge in [0.1, 0.15) is 0 Å². The van der Waals surface area contributed by atoms with Crippen molar-refractivity contribution in [2.45, 2.75) is 252 Å². The summed E-state index contributed by atoms with van der Waals surface area (Å²) < 4.78 is 35.1. The maximum absolute atomic E-state index is 14.4. The van der Waals surface area contributed by atoms with Crippen molar-refractivity contribution in [3.8, 4) is 0 Å². The van der Waals surface area contributed by atoms with Crippen LogP contribution in [0.25, 0.3) is 0 Å². The number of amides is 1. The van der Waals surface area contributed by atoms with Crippen LogP contribution in [0.2, 0.25) is 0 Å². The maximum Gasteiger partial charge on any atom is 0.254 e. The minimum absolute atomic E-state index is 0.0203. The molecule has 9 heteroatoms. The Hall–Kier alpha value is -1.33. The number of ether oxygens (including phenoxy) is 6. The van der Waals surface area contributed by atoms with Crippen LogP contribution in [0.5, 0.6) is 0 Å². The van der Waals surface area contributed by atoms with E-state index in [1.54, 1.807) is 0 Å². The van der Waals surface area contributed by atoms with Crippen LogP contribution in [-0.2, 0) is 33.2 Å². The Morgan fingerprint density at radius 1 is 0.424 bits per heavy atom. The van der Waals surface area contributed by atoms with Gasteiger partial charge in [0.2, 0.25) is 0 Å². The third-order valence-corrected chi connectivity index (χ3v) is 12.5. The summed E-state index contributed by atoms with van der Waals surface area (Å²) in [5.41, 5.74) is 0. The molecule has 0 fully saturated rings. The highest BCUT2D eigenvalue weighted by Crippen LogP contribution is 2.18. The summed E-state index contributed by atoms with van der Waals surface area (Å²) in [6.45, 7) is 14.7. The fourth-order valence-electron chi connectivity index (χ4n) is 8.27. The molecule has 0 aliphatic heterocycles. The summed E-state index contributed by atoms with van der Waals surface area (Å²) in [7, 11) is 0. The number of aliphatic hydroxyl groups excluding tert-OH is 1. The van der Waals surface area contributed by atoms with Crippen molar-refractivity contribution in [1.82, 2.24) is 4.90 Å². The number of allylic oxidation sites excluding steroid dienone is 4. The van der Waals surface area contributed by atoms with Gasteiger partial charge in [0.05, 0.1) is 66.1 Å². The monoisotopic (exact) mass is 938 g/mol. The fourth-order valence-corrected chi connectivity index (χ4v) is 8.27. The Kier molecular flexibility index (Phi) is 55.1. The van der Waals surface area contributed by atoms with Gasteiger partial charge >= 0.3 is 0 Å². The molecule has 0 heterocycles.